The first-order valence-corrected chi connectivity index (χ1v) is 41.6. The normalized spacial score (nSPS) is 14.6. The number of nitrogens with zero attached hydrogens (tertiary/aromatic N) is 2. The largest absolute Gasteiger partial charge is 0.309 e. The molecule has 2 heteroatoms. The zero-order valence-electron chi connectivity index (χ0n) is 66.3. The van der Waals surface area contributed by atoms with Crippen LogP contribution >= 0.6 is 0 Å². The predicted octanol–water partition coefficient (Wildman–Crippen LogP) is 30.5. The van der Waals surface area contributed by atoms with E-state index < -0.39 is 0 Å². The Kier molecular flexibility index (Phi) is 15.9. The average Bonchev–Trinajstić information content (AvgIpc) is 1.54. The molecule has 0 bridgehead atoms. The van der Waals surface area contributed by atoms with Gasteiger partial charge in [0, 0.05) is 55.6 Å². The Balaban J connectivity index is 0.000000138. The molecule has 0 saturated heterocycles. The third kappa shape index (κ3) is 11.0. The number of fused-ring (bicyclic) bond motifs is 18. The fourth-order valence-corrected chi connectivity index (χ4v) is 20.7. The molecule has 556 valence electrons. The van der Waals surface area contributed by atoms with Crippen LogP contribution in [0.2, 0.25) is 0 Å². The van der Waals surface area contributed by atoms with Gasteiger partial charge in [0.05, 0.1) is 22.1 Å². The van der Waals surface area contributed by atoms with Gasteiger partial charge in [0.15, 0.2) is 0 Å². The van der Waals surface area contributed by atoms with Crippen LogP contribution < -0.4 is 0 Å². The van der Waals surface area contributed by atoms with Gasteiger partial charge >= 0.3 is 0 Å². The van der Waals surface area contributed by atoms with Gasteiger partial charge in [-0.25, -0.2) is 0 Å². The van der Waals surface area contributed by atoms with Crippen LogP contribution in [0.15, 0.2) is 413 Å². The van der Waals surface area contributed by atoms with E-state index >= 15 is 0 Å². The first-order valence-electron chi connectivity index (χ1n) is 41.6. The van der Waals surface area contributed by atoms with Crippen LogP contribution in [-0.4, -0.2) is 9.13 Å². The molecule has 2 heterocycles. The highest BCUT2D eigenvalue weighted by Gasteiger charge is 2.39. The van der Waals surface area contributed by atoms with E-state index in [9.17, 15) is 0 Å². The van der Waals surface area contributed by atoms with Crippen molar-refractivity contribution in [2.24, 2.45) is 0 Å². The van der Waals surface area contributed by atoms with Gasteiger partial charge < -0.3 is 9.13 Å². The van der Waals surface area contributed by atoms with Gasteiger partial charge in [-0.15, -0.1) is 0 Å². The van der Waals surface area contributed by atoms with Crippen molar-refractivity contribution in [3.8, 4) is 123 Å². The molecule has 4 aliphatic carbocycles. The third-order valence-corrected chi connectivity index (χ3v) is 26.6. The smallest absolute Gasteiger partial charge is 0.0547 e. The summed E-state index contributed by atoms with van der Waals surface area (Å²) in [6.07, 6.45) is 0. The molecule has 0 radical (unpaired) electrons. The van der Waals surface area contributed by atoms with Crippen molar-refractivity contribution in [1.29, 1.82) is 0 Å². The fraction of sp³-hybridized carbons (Fsp3) is 0.0690. The van der Waals surface area contributed by atoms with Gasteiger partial charge in [-0.1, -0.05) is 355 Å². The summed E-state index contributed by atoms with van der Waals surface area (Å²) in [5.74, 6) is 0.395. The van der Waals surface area contributed by atoms with Gasteiger partial charge in [0.1, 0.15) is 0 Å². The molecule has 0 aliphatic heterocycles. The lowest BCUT2D eigenvalue weighted by atomic mass is 9.82. The first kappa shape index (κ1) is 69.1. The van der Waals surface area contributed by atoms with Crippen LogP contribution in [0.25, 0.3) is 166 Å². The average molecular weight is 1500 g/mol. The molecule has 0 saturated carbocycles. The van der Waals surface area contributed by atoms with Crippen molar-refractivity contribution in [2.75, 3.05) is 0 Å². The second-order valence-electron chi connectivity index (χ2n) is 33.8. The summed E-state index contributed by atoms with van der Waals surface area (Å²) in [7, 11) is 0. The molecule has 18 aromatic carbocycles. The van der Waals surface area contributed by atoms with Crippen LogP contribution in [0.4, 0.5) is 0 Å². The van der Waals surface area contributed by atoms with Gasteiger partial charge in [0.25, 0.3) is 0 Å². The van der Waals surface area contributed by atoms with E-state index in [1.165, 1.54) is 222 Å². The van der Waals surface area contributed by atoms with Crippen LogP contribution in [0.3, 0.4) is 0 Å². The van der Waals surface area contributed by atoms with E-state index in [2.05, 4.69) is 449 Å². The molecule has 2 atom stereocenters. The summed E-state index contributed by atoms with van der Waals surface area (Å²) in [4.78, 5) is 0. The second-order valence-corrected chi connectivity index (χ2v) is 33.8. The van der Waals surface area contributed by atoms with Crippen LogP contribution in [0.1, 0.15) is 95.2 Å². The summed E-state index contributed by atoms with van der Waals surface area (Å²) in [5, 5.41) is 5.12. The molecule has 2 aromatic heterocycles. The van der Waals surface area contributed by atoms with Gasteiger partial charge in [0.2, 0.25) is 0 Å². The van der Waals surface area contributed by atoms with Crippen LogP contribution in [0.5, 0.6) is 0 Å². The summed E-state index contributed by atoms with van der Waals surface area (Å²) in [5.41, 5.74) is 46.3. The lowest BCUT2D eigenvalue weighted by molar-refractivity contribution is 0.661. The quantitative estimate of drug-likeness (QED) is 0.129. The highest BCUT2D eigenvalue weighted by molar-refractivity contribution is 6.14. The monoisotopic (exact) mass is 1500 g/mol. The maximum atomic E-state index is 2.50. The maximum absolute atomic E-state index is 2.50. The Morgan fingerprint density at radius 3 is 0.881 bits per heavy atom. The van der Waals surface area contributed by atoms with Crippen molar-refractivity contribution >= 4 is 43.6 Å². The minimum absolute atomic E-state index is 0.0880. The number of hydrogen-bond acceptors (Lipinski definition) is 0. The molecule has 118 heavy (non-hydrogen) atoms. The van der Waals surface area contributed by atoms with Crippen molar-refractivity contribution in [3.05, 3.63) is 468 Å². The van der Waals surface area contributed by atoms with E-state index in [1.54, 1.807) is 0 Å². The molecule has 4 aliphatic rings. The SMILES string of the molecule is CC1(C)c2ccccc2-c2cc3c(cc21)c1cc(-c2ccc4c(c2)-c2ccccc2C4c2ccc(-c4ccccc4)cc2)ccc1n3-c1ccc(-c2ccccc2)cc1.CC1(C)c2ccccc2-c2cc3c4cc(-c5ccc6c(c5)-c5ccccc5C6c5ccc(-c6ccccc6)cc5)ccc4n(-c4ccc(-c5ccccc5)cc4)c3cc21. The molecule has 2 unspecified atom stereocenters. The molecular weight excluding hydrogens is 1420 g/mol. The van der Waals surface area contributed by atoms with Crippen LogP contribution in [0, 0.1) is 0 Å². The molecule has 24 rings (SSSR count). The zero-order valence-corrected chi connectivity index (χ0v) is 66.3. The number of aromatic nitrogens is 2. The number of hydrogen-bond donors (Lipinski definition) is 0. The standard InChI is InChI=1S/2C58H41N/c1-58(2)53-20-12-11-18-46(53)50-36-56-52(35-54(50)58)51-34-43(28-32-55(51)59(56)44-29-25-40(26-30-44)38-15-7-4-8-16-38)42-27-31-48-49(33-42)45-17-9-10-19-47(45)57(48)41-23-21-39(22-24-41)37-13-5-3-6-14-37;1-58(2)53-20-12-11-18-46(53)50-35-52-51-34-43(28-32-55(51)59(56(52)36-54(50)58)44-29-25-40(26-30-44)38-15-7-4-8-16-38)42-27-31-48-49(33-42)45-17-9-10-19-47(45)57(48)41-23-21-39(22-24-41)37-13-5-3-6-14-37/h2*3-36,57H,1-2H3. The van der Waals surface area contributed by atoms with E-state index in [1.807, 2.05) is 0 Å². The van der Waals surface area contributed by atoms with E-state index in [0.29, 0.717) is 0 Å². The lowest BCUT2D eigenvalue weighted by Crippen LogP contribution is -2.14. The molecular formula is C116H82N2. The summed E-state index contributed by atoms with van der Waals surface area (Å²) >= 11 is 0. The van der Waals surface area contributed by atoms with E-state index in [-0.39, 0.29) is 22.7 Å². The van der Waals surface area contributed by atoms with E-state index in [4.69, 9.17) is 0 Å². The maximum Gasteiger partial charge on any atom is 0.0547 e. The topological polar surface area (TPSA) is 9.86 Å². The Bertz CT molecular complexity index is 7400. The van der Waals surface area contributed by atoms with Gasteiger partial charge in [-0.05, 0) is 252 Å². The Morgan fingerprint density at radius 2 is 0.466 bits per heavy atom. The third-order valence-electron chi connectivity index (χ3n) is 26.6. The van der Waals surface area contributed by atoms with Crippen molar-refractivity contribution in [3.63, 3.8) is 0 Å². The summed E-state index contributed by atoms with van der Waals surface area (Å²) < 4.78 is 4.96. The molecule has 0 amide bonds. The van der Waals surface area contributed by atoms with Crippen molar-refractivity contribution in [2.45, 2.75) is 50.4 Å². The van der Waals surface area contributed by atoms with Gasteiger partial charge in [-0.2, -0.15) is 0 Å². The lowest BCUT2D eigenvalue weighted by Gasteiger charge is -2.21. The Labute approximate surface area is 689 Å². The highest BCUT2D eigenvalue weighted by atomic mass is 15.0. The summed E-state index contributed by atoms with van der Waals surface area (Å²) in [6.45, 7) is 9.51. The van der Waals surface area contributed by atoms with Gasteiger partial charge in [-0.3, -0.25) is 0 Å². The summed E-state index contributed by atoms with van der Waals surface area (Å²) in [6, 6.07) is 154. The van der Waals surface area contributed by atoms with Crippen LogP contribution in [-0.2, 0) is 10.8 Å². The Morgan fingerprint density at radius 1 is 0.178 bits per heavy atom. The Hall–Kier alpha value is -14.4. The molecule has 2 nitrogen and oxygen atoms in total. The molecule has 0 spiro atoms. The number of benzene rings is 18. The predicted molar refractivity (Wildman–Crippen MR) is 495 cm³/mol. The molecule has 0 fully saturated rings. The molecule has 20 aromatic rings. The minimum Gasteiger partial charge on any atom is -0.309 e. The molecule has 0 N–H and O–H groups in total. The zero-order chi connectivity index (χ0) is 78.5. The number of rotatable bonds is 10. The fourth-order valence-electron chi connectivity index (χ4n) is 20.7. The van der Waals surface area contributed by atoms with E-state index in [0.717, 1.165) is 0 Å². The van der Waals surface area contributed by atoms with Crippen molar-refractivity contribution in [1.82, 2.24) is 9.13 Å². The first-order chi connectivity index (χ1) is 58.0. The highest BCUT2D eigenvalue weighted by Crippen LogP contribution is 2.56. The second kappa shape index (κ2) is 27.1. The minimum atomic E-state index is -0.0910. The van der Waals surface area contributed by atoms with Crippen molar-refractivity contribution < 1.29 is 0 Å².